The van der Waals surface area contributed by atoms with Crippen LogP contribution in [0.15, 0.2) is 35.9 Å². The smallest absolute Gasteiger partial charge is 0.349 e. The number of esters is 1. The molecule has 1 aromatic heterocycles. The summed E-state index contributed by atoms with van der Waals surface area (Å²) in [6, 6.07) is 9.57. The van der Waals surface area contributed by atoms with Gasteiger partial charge in [-0.25, -0.2) is 9.18 Å². The molecule has 0 saturated carbocycles. The molecule has 0 N–H and O–H groups in total. The predicted octanol–water partition coefficient (Wildman–Crippen LogP) is 4.01. The maximum absolute atomic E-state index is 13.0. The summed E-state index contributed by atoms with van der Waals surface area (Å²) in [5, 5.41) is 9.41. The number of carbonyl (C=O) groups excluding carboxylic acids is 2. The molecule has 164 valence electrons. The minimum Gasteiger partial charge on any atom is -0.451 e. The van der Waals surface area contributed by atoms with Crippen LogP contribution in [0.1, 0.15) is 36.4 Å². The summed E-state index contributed by atoms with van der Waals surface area (Å²) in [5.74, 6) is -1.17. The van der Waals surface area contributed by atoms with Gasteiger partial charge in [0.1, 0.15) is 17.5 Å². The Hall–Kier alpha value is -3.40. The number of amides is 1. The zero-order valence-corrected chi connectivity index (χ0v) is 18.6. The highest BCUT2D eigenvalue weighted by molar-refractivity contribution is 5.99. The first-order valence-electron chi connectivity index (χ1n) is 10.1. The molecule has 0 unspecified atom stereocenters. The molecule has 1 aromatic carbocycles. The number of aromatic nitrogens is 1. The Morgan fingerprint density at radius 2 is 1.90 bits per heavy atom. The van der Waals surface area contributed by atoms with E-state index in [0.717, 1.165) is 29.1 Å². The molecule has 1 amide bonds. The third-order valence-electron chi connectivity index (χ3n) is 4.89. The van der Waals surface area contributed by atoms with E-state index in [0.29, 0.717) is 5.92 Å². The molecule has 6 nitrogen and oxygen atoms in total. The molecule has 0 aliphatic carbocycles. The third-order valence-corrected chi connectivity index (χ3v) is 4.89. The van der Waals surface area contributed by atoms with Crippen LogP contribution in [0.5, 0.6) is 0 Å². The lowest BCUT2D eigenvalue weighted by Crippen LogP contribution is -2.31. The highest BCUT2D eigenvalue weighted by atomic mass is 19.1. The topological polar surface area (TPSA) is 75.3 Å². The third kappa shape index (κ3) is 6.54. The van der Waals surface area contributed by atoms with Crippen LogP contribution >= 0.6 is 0 Å². The second kappa shape index (κ2) is 10.6. The van der Waals surface area contributed by atoms with Crippen molar-refractivity contribution in [2.75, 3.05) is 13.7 Å². The maximum Gasteiger partial charge on any atom is 0.349 e. The van der Waals surface area contributed by atoms with Crippen molar-refractivity contribution in [3.8, 4) is 6.07 Å². The van der Waals surface area contributed by atoms with Crippen LogP contribution in [-0.2, 0) is 27.4 Å². The second-order valence-electron chi connectivity index (χ2n) is 7.95. The van der Waals surface area contributed by atoms with Crippen molar-refractivity contribution in [2.24, 2.45) is 5.92 Å². The minimum absolute atomic E-state index is 0.168. The summed E-state index contributed by atoms with van der Waals surface area (Å²) >= 11 is 0. The van der Waals surface area contributed by atoms with E-state index in [1.807, 2.05) is 26.0 Å². The Kier molecular flexibility index (Phi) is 8.14. The van der Waals surface area contributed by atoms with Gasteiger partial charge in [-0.2, -0.15) is 5.26 Å². The van der Waals surface area contributed by atoms with E-state index in [9.17, 15) is 19.2 Å². The minimum atomic E-state index is -0.848. The Bertz CT molecular complexity index is 1010. The summed E-state index contributed by atoms with van der Waals surface area (Å²) in [6.07, 6.45) is 1.49. The van der Waals surface area contributed by atoms with Gasteiger partial charge in [-0.3, -0.25) is 4.79 Å². The van der Waals surface area contributed by atoms with E-state index >= 15 is 0 Å². The number of nitrogens with zero attached hydrogens (tertiary/aromatic N) is 3. The summed E-state index contributed by atoms with van der Waals surface area (Å²) in [7, 11) is 1.56. The first kappa shape index (κ1) is 23.9. The fraction of sp³-hybridized carbons (Fsp3) is 0.375. The van der Waals surface area contributed by atoms with Gasteiger partial charge in [-0.05, 0) is 55.2 Å². The largest absolute Gasteiger partial charge is 0.451 e. The molecule has 2 aromatic rings. The molecular formula is C24H28FN3O3. The summed E-state index contributed by atoms with van der Waals surface area (Å²) in [5.41, 5.74) is 3.35. The lowest BCUT2D eigenvalue weighted by atomic mass is 10.1. The molecule has 1 heterocycles. The second-order valence-corrected chi connectivity index (χ2v) is 7.95. The van der Waals surface area contributed by atoms with Gasteiger partial charge in [0.25, 0.3) is 5.91 Å². The van der Waals surface area contributed by atoms with Crippen LogP contribution in [0.3, 0.4) is 0 Å². The van der Waals surface area contributed by atoms with Gasteiger partial charge in [0, 0.05) is 31.5 Å². The van der Waals surface area contributed by atoms with Crippen molar-refractivity contribution in [1.29, 1.82) is 5.26 Å². The van der Waals surface area contributed by atoms with Gasteiger partial charge in [-0.15, -0.1) is 0 Å². The molecule has 2 rings (SSSR count). The molecule has 31 heavy (non-hydrogen) atoms. The van der Waals surface area contributed by atoms with Gasteiger partial charge in [0.05, 0.1) is 0 Å². The molecule has 0 spiro atoms. The highest BCUT2D eigenvalue weighted by Gasteiger charge is 2.17. The SMILES string of the molecule is Cc1cc(/C=C(\C#N)C(=O)OCC(=O)N(C)Cc2ccc(F)cc2)c(C)n1CC(C)C. The maximum atomic E-state index is 13.0. The fourth-order valence-corrected chi connectivity index (χ4v) is 3.18. The van der Waals surface area contributed by atoms with Crippen LogP contribution in [0.4, 0.5) is 4.39 Å². The number of rotatable bonds is 8. The van der Waals surface area contributed by atoms with E-state index in [4.69, 9.17) is 4.74 Å². The fourth-order valence-electron chi connectivity index (χ4n) is 3.18. The number of benzene rings is 1. The van der Waals surface area contributed by atoms with Crippen molar-refractivity contribution in [3.05, 3.63) is 64.2 Å². The zero-order valence-electron chi connectivity index (χ0n) is 18.6. The number of hydrogen-bond donors (Lipinski definition) is 0. The van der Waals surface area contributed by atoms with Crippen LogP contribution in [0.2, 0.25) is 0 Å². The summed E-state index contributed by atoms with van der Waals surface area (Å²) < 4.78 is 20.2. The van der Waals surface area contributed by atoms with E-state index in [2.05, 4.69) is 18.4 Å². The number of hydrogen-bond acceptors (Lipinski definition) is 4. The Labute approximate surface area is 182 Å². The first-order valence-corrected chi connectivity index (χ1v) is 10.1. The summed E-state index contributed by atoms with van der Waals surface area (Å²) in [6.45, 7) is 8.77. The van der Waals surface area contributed by atoms with Crippen LogP contribution in [0.25, 0.3) is 6.08 Å². The standard InChI is InChI=1S/C24H28FN3O3/c1-16(2)13-28-17(3)10-20(18(28)4)11-21(12-26)24(30)31-15-23(29)27(5)14-19-6-8-22(25)9-7-19/h6-11,16H,13-15H2,1-5H3/b21-11+. The first-order chi connectivity index (χ1) is 14.6. The number of likely N-dealkylation sites (N-methyl/N-ethyl adjacent to an activating group) is 1. The van der Waals surface area contributed by atoms with Crippen molar-refractivity contribution < 1.29 is 18.7 Å². The van der Waals surface area contributed by atoms with E-state index < -0.39 is 18.5 Å². The zero-order chi connectivity index (χ0) is 23.1. The monoisotopic (exact) mass is 425 g/mol. The van der Waals surface area contributed by atoms with Gasteiger partial charge in [0.2, 0.25) is 0 Å². The van der Waals surface area contributed by atoms with Crippen molar-refractivity contribution >= 4 is 18.0 Å². The van der Waals surface area contributed by atoms with Gasteiger partial charge >= 0.3 is 5.97 Å². The molecule has 0 radical (unpaired) electrons. The molecule has 0 fully saturated rings. The average molecular weight is 426 g/mol. The predicted molar refractivity (Wildman–Crippen MR) is 116 cm³/mol. The Balaban J connectivity index is 2.02. The van der Waals surface area contributed by atoms with Crippen molar-refractivity contribution in [1.82, 2.24) is 9.47 Å². The van der Waals surface area contributed by atoms with Gasteiger partial charge < -0.3 is 14.2 Å². The van der Waals surface area contributed by atoms with Crippen molar-refractivity contribution in [3.63, 3.8) is 0 Å². The van der Waals surface area contributed by atoms with E-state index in [1.165, 1.54) is 23.1 Å². The Morgan fingerprint density at radius 1 is 1.26 bits per heavy atom. The molecule has 7 heteroatoms. The van der Waals surface area contributed by atoms with Gasteiger partial charge in [-0.1, -0.05) is 26.0 Å². The van der Waals surface area contributed by atoms with Crippen molar-refractivity contribution in [2.45, 2.75) is 40.8 Å². The molecule has 0 atom stereocenters. The number of aryl methyl sites for hydroxylation is 1. The molecule has 0 bridgehead atoms. The van der Waals surface area contributed by atoms with Gasteiger partial charge in [0.15, 0.2) is 6.61 Å². The van der Waals surface area contributed by atoms with E-state index in [1.54, 1.807) is 19.2 Å². The molecule has 0 aliphatic rings. The quantitative estimate of drug-likeness (QED) is 0.364. The van der Waals surface area contributed by atoms with Crippen LogP contribution < -0.4 is 0 Å². The molecule has 0 saturated heterocycles. The molecular weight excluding hydrogens is 397 g/mol. The van der Waals surface area contributed by atoms with E-state index in [-0.39, 0.29) is 17.9 Å². The summed E-state index contributed by atoms with van der Waals surface area (Å²) in [4.78, 5) is 26.0. The van der Waals surface area contributed by atoms with Crippen LogP contribution in [-0.4, -0.2) is 35.0 Å². The lowest BCUT2D eigenvalue weighted by Gasteiger charge is -2.17. The molecule has 0 aliphatic heterocycles. The number of ether oxygens (including phenoxy) is 1. The van der Waals surface area contributed by atoms with Crippen LogP contribution in [0, 0.1) is 36.9 Å². The average Bonchev–Trinajstić information content (AvgIpc) is 2.98. The number of nitriles is 1. The lowest BCUT2D eigenvalue weighted by molar-refractivity contribution is -0.148. The normalized spacial score (nSPS) is 11.4. The highest BCUT2D eigenvalue weighted by Crippen LogP contribution is 2.20. The number of carbonyl (C=O) groups is 2. The number of halogens is 1. The Morgan fingerprint density at radius 3 is 2.48 bits per heavy atom.